The first-order valence-corrected chi connectivity index (χ1v) is 8.46. The van der Waals surface area contributed by atoms with Crippen molar-refractivity contribution < 1.29 is 9.90 Å². The number of benzene rings is 2. The van der Waals surface area contributed by atoms with E-state index in [4.69, 9.17) is 0 Å². The Balaban J connectivity index is 1.63. The highest BCUT2D eigenvalue weighted by atomic mass is 16.3. The summed E-state index contributed by atoms with van der Waals surface area (Å²) in [7, 11) is 0. The van der Waals surface area contributed by atoms with Crippen molar-refractivity contribution in [3.8, 4) is 17.2 Å². The van der Waals surface area contributed by atoms with Crippen molar-refractivity contribution in [2.24, 2.45) is 0 Å². The summed E-state index contributed by atoms with van der Waals surface area (Å²) in [4.78, 5) is 13.9. The van der Waals surface area contributed by atoms with Gasteiger partial charge in [0.15, 0.2) is 0 Å². The largest absolute Gasteiger partial charge is 0.394 e. The minimum atomic E-state index is -0.129. The molecule has 0 radical (unpaired) electrons. The van der Waals surface area contributed by atoms with Gasteiger partial charge in [0.1, 0.15) is 0 Å². The van der Waals surface area contributed by atoms with Crippen LogP contribution in [0.2, 0.25) is 0 Å². The smallest absolute Gasteiger partial charge is 0.317 e. The van der Waals surface area contributed by atoms with Crippen LogP contribution >= 0.6 is 0 Å². The number of aliphatic hydroxyl groups excluding tert-OH is 1. The zero-order valence-electron chi connectivity index (χ0n) is 14.0. The number of likely N-dealkylation sites (tertiary alicyclic amines) is 1. The standard InChI is InChI=1S/C20H21N3O2/c21-12-17-4-1-2-6-19(17)16-9-7-15(8-10-16)13-22-20(25)23-11-3-5-18(23)14-24/h1-2,4,6-10,18,24H,3,5,11,13-14H2,(H,22,25). The summed E-state index contributed by atoms with van der Waals surface area (Å²) in [5, 5.41) is 21.4. The number of carbonyl (C=O) groups is 1. The van der Waals surface area contributed by atoms with Crippen molar-refractivity contribution in [3.05, 3.63) is 59.7 Å². The maximum Gasteiger partial charge on any atom is 0.317 e. The Labute approximate surface area is 147 Å². The maximum absolute atomic E-state index is 12.2. The molecule has 0 spiro atoms. The number of aliphatic hydroxyl groups is 1. The molecule has 0 bridgehead atoms. The number of amides is 2. The van der Waals surface area contributed by atoms with Gasteiger partial charge in [-0.2, -0.15) is 5.26 Å². The minimum Gasteiger partial charge on any atom is -0.394 e. The molecule has 5 heteroatoms. The summed E-state index contributed by atoms with van der Waals surface area (Å²) < 4.78 is 0. The van der Waals surface area contributed by atoms with Crippen molar-refractivity contribution in [2.45, 2.75) is 25.4 Å². The summed E-state index contributed by atoms with van der Waals surface area (Å²) >= 11 is 0. The van der Waals surface area contributed by atoms with Crippen LogP contribution in [0.5, 0.6) is 0 Å². The second-order valence-corrected chi connectivity index (χ2v) is 6.19. The van der Waals surface area contributed by atoms with Gasteiger partial charge in [-0.25, -0.2) is 4.79 Å². The van der Waals surface area contributed by atoms with Crippen LogP contribution in [0.3, 0.4) is 0 Å². The Morgan fingerprint density at radius 3 is 2.72 bits per heavy atom. The van der Waals surface area contributed by atoms with Crippen LogP contribution in [0.1, 0.15) is 24.0 Å². The lowest BCUT2D eigenvalue weighted by Crippen LogP contribution is -2.43. The lowest BCUT2D eigenvalue weighted by Gasteiger charge is -2.23. The molecule has 1 aliphatic rings. The van der Waals surface area contributed by atoms with Crippen LogP contribution in [-0.2, 0) is 6.54 Å². The Bertz CT molecular complexity index is 780. The van der Waals surface area contributed by atoms with Crippen molar-refractivity contribution in [1.82, 2.24) is 10.2 Å². The van der Waals surface area contributed by atoms with Crippen molar-refractivity contribution >= 4 is 6.03 Å². The Hall–Kier alpha value is -2.84. The van der Waals surface area contributed by atoms with Gasteiger partial charge in [0.05, 0.1) is 24.3 Å². The molecule has 3 rings (SSSR count). The van der Waals surface area contributed by atoms with Crippen LogP contribution < -0.4 is 5.32 Å². The normalized spacial score (nSPS) is 16.5. The van der Waals surface area contributed by atoms with E-state index in [0.29, 0.717) is 18.7 Å². The second-order valence-electron chi connectivity index (χ2n) is 6.19. The van der Waals surface area contributed by atoms with Gasteiger partial charge in [-0.3, -0.25) is 0 Å². The Morgan fingerprint density at radius 1 is 1.24 bits per heavy atom. The first-order valence-electron chi connectivity index (χ1n) is 8.46. The number of rotatable bonds is 4. The van der Waals surface area contributed by atoms with E-state index >= 15 is 0 Å². The third-order valence-electron chi connectivity index (χ3n) is 4.60. The van der Waals surface area contributed by atoms with E-state index in [1.165, 1.54) is 0 Å². The van der Waals surface area contributed by atoms with E-state index in [2.05, 4.69) is 11.4 Å². The number of nitrogens with zero attached hydrogens (tertiary/aromatic N) is 2. The van der Waals surface area contributed by atoms with Crippen molar-refractivity contribution in [1.29, 1.82) is 5.26 Å². The predicted molar refractivity (Wildman–Crippen MR) is 95.6 cm³/mol. The molecule has 25 heavy (non-hydrogen) atoms. The number of urea groups is 1. The van der Waals surface area contributed by atoms with Crippen molar-refractivity contribution in [2.75, 3.05) is 13.2 Å². The highest BCUT2D eigenvalue weighted by Gasteiger charge is 2.27. The molecule has 1 atom stereocenters. The predicted octanol–water partition coefficient (Wildman–Crippen LogP) is 2.89. The molecule has 0 aliphatic carbocycles. The molecule has 2 N–H and O–H groups in total. The molecule has 128 valence electrons. The average Bonchev–Trinajstić information content (AvgIpc) is 3.15. The van der Waals surface area contributed by atoms with Gasteiger partial charge in [0.2, 0.25) is 0 Å². The second kappa shape index (κ2) is 7.82. The van der Waals surface area contributed by atoms with Gasteiger partial charge in [0, 0.05) is 13.1 Å². The number of nitrogens with one attached hydrogen (secondary N) is 1. The molecule has 0 saturated carbocycles. The fourth-order valence-electron chi connectivity index (χ4n) is 3.21. The molecule has 2 aromatic rings. The molecule has 0 aromatic heterocycles. The molecule has 1 saturated heterocycles. The van der Waals surface area contributed by atoms with Gasteiger partial charge in [-0.05, 0) is 35.6 Å². The fourth-order valence-corrected chi connectivity index (χ4v) is 3.21. The first-order chi connectivity index (χ1) is 12.2. The van der Waals surface area contributed by atoms with Crippen LogP contribution in [-0.4, -0.2) is 35.2 Å². The molecule has 1 aliphatic heterocycles. The minimum absolute atomic E-state index is 0.0143. The first kappa shape index (κ1) is 17.0. The summed E-state index contributed by atoms with van der Waals surface area (Å²) in [6, 6.07) is 17.3. The van der Waals surface area contributed by atoms with E-state index in [0.717, 1.165) is 29.5 Å². The molecule has 5 nitrogen and oxygen atoms in total. The van der Waals surface area contributed by atoms with E-state index in [-0.39, 0.29) is 18.7 Å². The third-order valence-corrected chi connectivity index (χ3v) is 4.60. The highest BCUT2D eigenvalue weighted by molar-refractivity contribution is 5.75. The number of hydrogen-bond donors (Lipinski definition) is 2. The summed E-state index contributed by atoms with van der Waals surface area (Å²) in [6.07, 6.45) is 1.79. The quantitative estimate of drug-likeness (QED) is 0.902. The maximum atomic E-state index is 12.2. The SMILES string of the molecule is N#Cc1ccccc1-c1ccc(CNC(=O)N2CCCC2CO)cc1. The Morgan fingerprint density at radius 2 is 2.00 bits per heavy atom. The topological polar surface area (TPSA) is 76.4 Å². The van der Waals surface area contributed by atoms with Gasteiger partial charge in [-0.1, -0.05) is 42.5 Å². The van der Waals surface area contributed by atoms with Gasteiger partial charge in [0.25, 0.3) is 0 Å². The molecule has 1 heterocycles. The molecule has 1 fully saturated rings. The van der Waals surface area contributed by atoms with Crippen LogP contribution in [0.25, 0.3) is 11.1 Å². The van der Waals surface area contributed by atoms with Crippen molar-refractivity contribution in [3.63, 3.8) is 0 Å². The number of carbonyl (C=O) groups excluding carboxylic acids is 1. The summed E-state index contributed by atoms with van der Waals surface area (Å²) in [5.41, 5.74) is 3.52. The molecular formula is C20H21N3O2. The monoisotopic (exact) mass is 335 g/mol. The van der Waals surface area contributed by atoms with Gasteiger partial charge < -0.3 is 15.3 Å². The van der Waals surface area contributed by atoms with E-state index < -0.39 is 0 Å². The average molecular weight is 335 g/mol. The lowest BCUT2D eigenvalue weighted by atomic mass is 9.99. The van der Waals surface area contributed by atoms with Crippen LogP contribution in [0, 0.1) is 11.3 Å². The zero-order chi connectivity index (χ0) is 17.6. The van der Waals surface area contributed by atoms with Gasteiger partial charge in [-0.15, -0.1) is 0 Å². The molecule has 2 aromatic carbocycles. The zero-order valence-corrected chi connectivity index (χ0v) is 14.0. The summed E-state index contributed by atoms with van der Waals surface area (Å²) in [5.74, 6) is 0. The van der Waals surface area contributed by atoms with E-state index in [1.807, 2.05) is 42.5 Å². The lowest BCUT2D eigenvalue weighted by molar-refractivity contribution is 0.157. The van der Waals surface area contributed by atoms with Gasteiger partial charge >= 0.3 is 6.03 Å². The fraction of sp³-hybridized carbons (Fsp3) is 0.300. The Kier molecular flexibility index (Phi) is 5.32. The molecule has 2 amide bonds. The number of hydrogen-bond acceptors (Lipinski definition) is 3. The van der Waals surface area contributed by atoms with E-state index in [9.17, 15) is 15.2 Å². The highest BCUT2D eigenvalue weighted by Crippen LogP contribution is 2.23. The molecular weight excluding hydrogens is 314 g/mol. The molecule has 1 unspecified atom stereocenters. The summed E-state index contributed by atoms with van der Waals surface area (Å²) in [6.45, 7) is 1.15. The van der Waals surface area contributed by atoms with E-state index in [1.54, 1.807) is 11.0 Å². The van der Waals surface area contributed by atoms with Crippen LogP contribution in [0.15, 0.2) is 48.5 Å². The number of nitriles is 1. The van der Waals surface area contributed by atoms with Crippen LogP contribution in [0.4, 0.5) is 4.79 Å². The third kappa shape index (κ3) is 3.81.